The minimum Gasteiger partial charge on any atom is -0.481 e. The van der Waals surface area contributed by atoms with E-state index in [0.29, 0.717) is 17.3 Å². The molecule has 0 aliphatic heterocycles. The third-order valence-electron chi connectivity index (χ3n) is 1.88. The van der Waals surface area contributed by atoms with E-state index < -0.39 is 0 Å². The highest BCUT2D eigenvalue weighted by molar-refractivity contribution is 7.08. The van der Waals surface area contributed by atoms with Crippen molar-refractivity contribution in [1.29, 1.82) is 0 Å². The lowest BCUT2D eigenvalue weighted by atomic mass is 10.3. The van der Waals surface area contributed by atoms with Crippen molar-refractivity contribution in [2.24, 2.45) is 0 Å². The van der Waals surface area contributed by atoms with Crippen molar-refractivity contribution in [3.63, 3.8) is 0 Å². The second-order valence-electron chi connectivity index (χ2n) is 2.91. The van der Waals surface area contributed by atoms with Gasteiger partial charge < -0.3 is 10.1 Å². The first-order valence-electron chi connectivity index (χ1n) is 4.49. The second-order valence-corrected chi connectivity index (χ2v) is 3.69. The molecular weight excluding hydrogens is 226 g/mol. The van der Waals surface area contributed by atoms with Crippen molar-refractivity contribution in [3.8, 4) is 5.88 Å². The molecule has 1 amide bonds. The highest BCUT2D eigenvalue weighted by atomic mass is 32.1. The first-order chi connectivity index (χ1) is 7.79. The first kappa shape index (κ1) is 10.6. The maximum absolute atomic E-state index is 11.7. The number of hydrogen-bond donors (Lipinski definition) is 1. The van der Waals surface area contributed by atoms with Crippen LogP contribution in [0.2, 0.25) is 0 Å². The molecule has 0 spiro atoms. The number of thiophene rings is 1. The van der Waals surface area contributed by atoms with Gasteiger partial charge in [0.15, 0.2) is 0 Å². The Morgan fingerprint density at radius 2 is 2.38 bits per heavy atom. The zero-order valence-electron chi connectivity index (χ0n) is 8.51. The quantitative estimate of drug-likeness (QED) is 0.881. The van der Waals surface area contributed by atoms with Gasteiger partial charge in [-0.1, -0.05) is 0 Å². The van der Waals surface area contributed by atoms with Crippen LogP contribution in [0.15, 0.2) is 29.2 Å². The van der Waals surface area contributed by atoms with Crippen molar-refractivity contribution >= 4 is 23.1 Å². The van der Waals surface area contributed by atoms with Crippen molar-refractivity contribution in [3.05, 3.63) is 34.8 Å². The van der Waals surface area contributed by atoms with Crippen LogP contribution in [0.5, 0.6) is 5.88 Å². The molecule has 0 aliphatic rings. The van der Waals surface area contributed by atoms with E-state index in [1.54, 1.807) is 17.5 Å². The third kappa shape index (κ3) is 2.34. The van der Waals surface area contributed by atoms with Crippen LogP contribution in [0.3, 0.4) is 0 Å². The van der Waals surface area contributed by atoms with Gasteiger partial charge in [-0.3, -0.25) is 4.79 Å². The van der Waals surface area contributed by atoms with Crippen molar-refractivity contribution in [2.75, 3.05) is 12.4 Å². The normalized spacial score (nSPS) is 9.81. The van der Waals surface area contributed by atoms with Crippen LogP contribution in [0.4, 0.5) is 5.82 Å². The molecule has 2 aromatic heterocycles. The molecule has 2 rings (SSSR count). The van der Waals surface area contributed by atoms with Crippen molar-refractivity contribution < 1.29 is 9.53 Å². The Kier molecular flexibility index (Phi) is 3.11. The molecule has 0 saturated carbocycles. The minimum absolute atomic E-state index is 0.193. The number of ether oxygens (including phenoxy) is 1. The summed E-state index contributed by atoms with van der Waals surface area (Å²) in [5.74, 6) is 0.640. The molecule has 0 bridgehead atoms. The number of aromatic nitrogens is 2. The standard InChI is InChI=1S/C10H9N3O2S/c1-15-9-4-8(11-6-12-9)13-10(14)7-2-3-16-5-7/h2-6H,1H3,(H,11,12,13,14). The number of methoxy groups -OCH3 is 1. The van der Waals surface area contributed by atoms with E-state index in [9.17, 15) is 4.79 Å². The molecule has 2 heterocycles. The molecule has 2 aromatic rings. The Balaban J connectivity index is 2.12. The molecule has 1 N–H and O–H groups in total. The van der Waals surface area contributed by atoms with Gasteiger partial charge in [0.05, 0.1) is 12.7 Å². The van der Waals surface area contributed by atoms with Crippen LogP contribution >= 0.6 is 11.3 Å². The first-order valence-corrected chi connectivity index (χ1v) is 5.43. The number of rotatable bonds is 3. The molecule has 0 aromatic carbocycles. The van der Waals surface area contributed by atoms with Gasteiger partial charge >= 0.3 is 0 Å². The van der Waals surface area contributed by atoms with Gasteiger partial charge in [0, 0.05) is 11.4 Å². The lowest BCUT2D eigenvalue weighted by molar-refractivity contribution is 0.102. The predicted molar refractivity (Wildman–Crippen MR) is 60.9 cm³/mol. The molecule has 0 fully saturated rings. The number of anilines is 1. The molecular formula is C10H9N3O2S. The fraction of sp³-hybridized carbons (Fsp3) is 0.100. The van der Waals surface area contributed by atoms with E-state index in [4.69, 9.17) is 4.74 Å². The zero-order valence-corrected chi connectivity index (χ0v) is 9.32. The summed E-state index contributed by atoms with van der Waals surface area (Å²) in [5, 5.41) is 6.27. The summed E-state index contributed by atoms with van der Waals surface area (Å²) in [6.45, 7) is 0. The SMILES string of the molecule is COc1cc(NC(=O)c2ccsc2)ncn1. The molecule has 0 saturated heterocycles. The van der Waals surface area contributed by atoms with Crippen LogP contribution in [0.1, 0.15) is 10.4 Å². The van der Waals surface area contributed by atoms with E-state index >= 15 is 0 Å². The highest BCUT2D eigenvalue weighted by Crippen LogP contribution is 2.12. The maximum Gasteiger partial charge on any atom is 0.257 e. The fourth-order valence-electron chi connectivity index (χ4n) is 1.10. The van der Waals surface area contributed by atoms with Crippen LogP contribution in [0.25, 0.3) is 0 Å². The van der Waals surface area contributed by atoms with E-state index in [1.807, 2.05) is 5.38 Å². The summed E-state index contributed by atoms with van der Waals surface area (Å²) in [4.78, 5) is 19.4. The third-order valence-corrected chi connectivity index (χ3v) is 2.56. The number of nitrogens with zero attached hydrogens (tertiary/aromatic N) is 2. The molecule has 6 heteroatoms. The summed E-state index contributed by atoms with van der Waals surface area (Å²) >= 11 is 1.47. The average molecular weight is 235 g/mol. The smallest absolute Gasteiger partial charge is 0.257 e. The predicted octanol–water partition coefficient (Wildman–Crippen LogP) is 1.80. The van der Waals surface area contributed by atoms with Gasteiger partial charge in [-0.15, -0.1) is 0 Å². The average Bonchev–Trinajstić information content (AvgIpc) is 2.83. The highest BCUT2D eigenvalue weighted by Gasteiger charge is 2.07. The Labute approximate surface area is 96.1 Å². The molecule has 5 nitrogen and oxygen atoms in total. The van der Waals surface area contributed by atoms with Gasteiger partial charge in [-0.2, -0.15) is 11.3 Å². The van der Waals surface area contributed by atoms with Gasteiger partial charge in [-0.05, 0) is 11.4 Å². The molecule has 0 atom stereocenters. The Morgan fingerprint density at radius 3 is 3.06 bits per heavy atom. The lowest BCUT2D eigenvalue weighted by Gasteiger charge is -2.03. The number of hydrogen-bond acceptors (Lipinski definition) is 5. The van der Waals surface area contributed by atoms with E-state index in [2.05, 4.69) is 15.3 Å². The molecule has 0 radical (unpaired) electrons. The van der Waals surface area contributed by atoms with Gasteiger partial charge in [0.1, 0.15) is 12.1 Å². The van der Waals surface area contributed by atoms with Crippen LogP contribution in [0, 0.1) is 0 Å². The fourth-order valence-corrected chi connectivity index (χ4v) is 1.74. The molecule has 0 aliphatic carbocycles. The van der Waals surface area contributed by atoms with Gasteiger partial charge in [0.25, 0.3) is 5.91 Å². The topological polar surface area (TPSA) is 64.1 Å². The second kappa shape index (κ2) is 4.71. The van der Waals surface area contributed by atoms with Crippen LogP contribution in [-0.4, -0.2) is 23.0 Å². The monoisotopic (exact) mass is 235 g/mol. The number of carbonyl (C=O) groups excluding carboxylic acids is 1. The van der Waals surface area contributed by atoms with Gasteiger partial charge in [0.2, 0.25) is 5.88 Å². The largest absolute Gasteiger partial charge is 0.481 e. The van der Waals surface area contributed by atoms with E-state index in [-0.39, 0.29) is 5.91 Å². The van der Waals surface area contributed by atoms with Crippen LogP contribution in [-0.2, 0) is 0 Å². The molecule has 82 valence electrons. The van der Waals surface area contributed by atoms with Crippen molar-refractivity contribution in [1.82, 2.24) is 9.97 Å². The summed E-state index contributed by atoms with van der Waals surface area (Å²) in [7, 11) is 1.51. The molecule has 16 heavy (non-hydrogen) atoms. The Bertz CT molecular complexity index is 485. The Hall–Kier alpha value is -1.95. The number of carbonyl (C=O) groups is 1. The van der Waals surface area contributed by atoms with E-state index in [0.717, 1.165) is 0 Å². The summed E-state index contributed by atoms with van der Waals surface area (Å²) in [5.41, 5.74) is 0.613. The lowest BCUT2D eigenvalue weighted by Crippen LogP contribution is -2.12. The zero-order chi connectivity index (χ0) is 11.4. The molecule has 0 unspecified atom stereocenters. The minimum atomic E-state index is -0.193. The summed E-state index contributed by atoms with van der Waals surface area (Å²) in [6, 6.07) is 3.31. The number of nitrogens with one attached hydrogen (secondary N) is 1. The summed E-state index contributed by atoms with van der Waals surface area (Å²) < 4.78 is 4.93. The maximum atomic E-state index is 11.7. The van der Waals surface area contributed by atoms with Crippen molar-refractivity contribution in [2.45, 2.75) is 0 Å². The summed E-state index contributed by atoms with van der Waals surface area (Å²) in [6.07, 6.45) is 1.34. The van der Waals surface area contributed by atoms with E-state index in [1.165, 1.54) is 24.8 Å². The Morgan fingerprint density at radius 1 is 1.50 bits per heavy atom. The van der Waals surface area contributed by atoms with Crippen LogP contribution < -0.4 is 10.1 Å². The van der Waals surface area contributed by atoms with Gasteiger partial charge in [-0.25, -0.2) is 9.97 Å². The number of amides is 1.